The monoisotopic (exact) mass is 341 g/mol. The third kappa shape index (κ3) is 8.06. The molecule has 130 valence electrons. The number of nitrogens with one attached hydrogen (secondary N) is 2. The summed E-state index contributed by atoms with van der Waals surface area (Å²) in [6.45, 7) is 4.33. The summed E-state index contributed by atoms with van der Waals surface area (Å²) in [5, 5.41) is 15.5. The smallest absolute Gasteiger partial charge is 0.305 e. The number of carbonyl (C=O) groups is 2. The summed E-state index contributed by atoms with van der Waals surface area (Å²) in [7, 11) is 0. The second kappa shape index (κ2) is 11.1. The SMILES string of the molecule is CCCCC=C(CCCCC)N/N=C1/NC(=O)C(CC(=O)O)S1. The fraction of sp³-hybridized carbons (Fsp3) is 0.688. The van der Waals surface area contributed by atoms with Gasteiger partial charge in [0.05, 0.1) is 6.42 Å². The van der Waals surface area contributed by atoms with Crippen molar-refractivity contribution in [2.45, 2.75) is 70.5 Å². The molecule has 23 heavy (non-hydrogen) atoms. The number of nitrogens with zero attached hydrogens (tertiary/aromatic N) is 1. The van der Waals surface area contributed by atoms with Crippen molar-refractivity contribution in [3.05, 3.63) is 11.8 Å². The highest BCUT2D eigenvalue weighted by Crippen LogP contribution is 2.22. The number of thioether (sulfide) groups is 1. The van der Waals surface area contributed by atoms with Crippen LogP contribution in [0.1, 0.15) is 65.2 Å². The third-order valence-electron chi connectivity index (χ3n) is 3.44. The number of carboxylic acid groups (broad SMARTS) is 1. The minimum Gasteiger partial charge on any atom is -0.481 e. The molecule has 0 aromatic carbocycles. The van der Waals surface area contributed by atoms with Crippen LogP contribution in [-0.2, 0) is 9.59 Å². The summed E-state index contributed by atoms with van der Waals surface area (Å²) in [5.74, 6) is -1.27. The van der Waals surface area contributed by atoms with Crippen LogP contribution in [-0.4, -0.2) is 27.4 Å². The average molecular weight is 341 g/mol. The van der Waals surface area contributed by atoms with Gasteiger partial charge in [0.1, 0.15) is 5.25 Å². The molecule has 1 unspecified atom stereocenters. The lowest BCUT2D eigenvalue weighted by molar-refractivity contribution is -0.138. The Morgan fingerprint density at radius 2 is 2.09 bits per heavy atom. The highest BCUT2D eigenvalue weighted by atomic mass is 32.2. The molecule has 1 saturated heterocycles. The van der Waals surface area contributed by atoms with Crippen LogP contribution in [0.25, 0.3) is 0 Å². The fourth-order valence-electron chi connectivity index (χ4n) is 2.12. The van der Waals surface area contributed by atoms with Crippen molar-refractivity contribution in [2.75, 3.05) is 0 Å². The van der Waals surface area contributed by atoms with Crippen molar-refractivity contribution in [1.82, 2.24) is 10.7 Å². The highest BCUT2D eigenvalue weighted by molar-refractivity contribution is 8.15. The first kappa shape index (κ1) is 19.5. The van der Waals surface area contributed by atoms with E-state index in [1.165, 1.54) is 12.8 Å². The molecule has 1 amide bonds. The van der Waals surface area contributed by atoms with E-state index in [2.05, 4.69) is 35.8 Å². The zero-order valence-corrected chi connectivity index (χ0v) is 14.7. The first-order valence-electron chi connectivity index (χ1n) is 8.28. The number of rotatable bonds is 11. The van der Waals surface area contributed by atoms with E-state index >= 15 is 0 Å². The lowest BCUT2D eigenvalue weighted by Gasteiger charge is -2.07. The molecule has 3 N–H and O–H groups in total. The van der Waals surface area contributed by atoms with Gasteiger partial charge in [0.2, 0.25) is 5.91 Å². The lowest BCUT2D eigenvalue weighted by atomic mass is 10.1. The van der Waals surface area contributed by atoms with Crippen molar-refractivity contribution in [3.8, 4) is 0 Å². The number of hydrogen-bond donors (Lipinski definition) is 3. The zero-order valence-electron chi connectivity index (χ0n) is 13.9. The van der Waals surface area contributed by atoms with Gasteiger partial charge in [-0.1, -0.05) is 57.4 Å². The Kier molecular flexibility index (Phi) is 9.43. The number of carbonyl (C=O) groups excluding carboxylic acids is 1. The Morgan fingerprint density at radius 3 is 2.74 bits per heavy atom. The van der Waals surface area contributed by atoms with Gasteiger partial charge in [-0.15, -0.1) is 0 Å². The highest BCUT2D eigenvalue weighted by Gasteiger charge is 2.32. The summed E-state index contributed by atoms with van der Waals surface area (Å²) < 4.78 is 0. The third-order valence-corrected chi connectivity index (χ3v) is 4.52. The molecular formula is C16H27N3O3S. The maximum atomic E-state index is 11.7. The first-order chi connectivity index (χ1) is 11.1. The van der Waals surface area contributed by atoms with Crippen LogP contribution in [0, 0.1) is 0 Å². The molecule has 1 rings (SSSR count). The van der Waals surface area contributed by atoms with Gasteiger partial charge in [0, 0.05) is 5.70 Å². The quantitative estimate of drug-likeness (QED) is 0.396. The maximum Gasteiger partial charge on any atom is 0.305 e. The molecule has 7 heteroatoms. The topological polar surface area (TPSA) is 90.8 Å². The predicted octanol–water partition coefficient (Wildman–Crippen LogP) is 3.21. The van der Waals surface area contributed by atoms with Crippen LogP contribution in [0.5, 0.6) is 0 Å². The molecule has 1 heterocycles. The van der Waals surface area contributed by atoms with Crippen LogP contribution >= 0.6 is 11.8 Å². The number of amidine groups is 1. The molecule has 0 aromatic rings. The van der Waals surface area contributed by atoms with E-state index in [9.17, 15) is 9.59 Å². The van der Waals surface area contributed by atoms with Crippen molar-refractivity contribution in [3.63, 3.8) is 0 Å². The number of allylic oxidation sites excluding steroid dienone is 2. The second-order valence-corrected chi connectivity index (χ2v) is 6.74. The van der Waals surface area contributed by atoms with Gasteiger partial charge in [-0.05, 0) is 19.3 Å². The largest absolute Gasteiger partial charge is 0.481 e. The van der Waals surface area contributed by atoms with E-state index in [0.717, 1.165) is 49.6 Å². The van der Waals surface area contributed by atoms with Gasteiger partial charge in [-0.3, -0.25) is 15.0 Å². The van der Waals surface area contributed by atoms with E-state index in [1.807, 2.05) is 0 Å². The van der Waals surface area contributed by atoms with Gasteiger partial charge in [0.25, 0.3) is 0 Å². The average Bonchev–Trinajstić information content (AvgIpc) is 2.84. The number of amides is 1. The van der Waals surface area contributed by atoms with Gasteiger partial charge in [-0.2, -0.15) is 5.10 Å². The molecule has 0 saturated carbocycles. The van der Waals surface area contributed by atoms with Crippen LogP contribution in [0.15, 0.2) is 16.9 Å². The van der Waals surface area contributed by atoms with Gasteiger partial charge in [-0.25, -0.2) is 0 Å². The molecule has 0 spiro atoms. The normalized spacial score (nSPS) is 19.9. The van der Waals surface area contributed by atoms with Gasteiger partial charge in [0.15, 0.2) is 5.17 Å². The second-order valence-electron chi connectivity index (χ2n) is 5.55. The van der Waals surface area contributed by atoms with Crippen molar-refractivity contribution >= 4 is 28.8 Å². The number of hydrogen-bond acceptors (Lipinski definition) is 5. The van der Waals surface area contributed by atoms with Crippen molar-refractivity contribution in [1.29, 1.82) is 0 Å². The van der Waals surface area contributed by atoms with Crippen LogP contribution in [0.3, 0.4) is 0 Å². The molecule has 0 aromatic heterocycles. The van der Waals surface area contributed by atoms with Crippen LogP contribution < -0.4 is 10.7 Å². The maximum absolute atomic E-state index is 11.7. The van der Waals surface area contributed by atoms with E-state index in [-0.39, 0.29) is 12.3 Å². The minimum atomic E-state index is -0.980. The molecule has 0 aliphatic carbocycles. The van der Waals surface area contributed by atoms with E-state index < -0.39 is 11.2 Å². The molecule has 1 aliphatic heterocycles. The summed E-state index contributed by atoms with van der Waals surface area (Å²) in [5.41, 5.74) is 4.11. The Labute approximate surface area is 142 Å². The Balaban J connectivity index is 2.56. The van der Waals surface area contributed by atoms with E-state index in [0.29, 0.717) is 5.17 Å². The van der Waals surface area contributed by atoms with Crippen molar-refractivity contribution in [2.24, 2.45) is 5.10 Å². The standard InChI is InChI=1S/C16H27N3O3S/c1-3-5-7-9-12(10-8-6-4-2)18-19-16-17-15(22)13(23-16)11-14(20)21/h9,13,18H,3-8,10-11H2,1-2H3,(H,20,21)(H,17,19,22). The molecule has 6 nitrogen and oxygen atoms in total. The Morgan fingerprint density at radius 1 is 1.35 bits per heavy atom. The zero-order chi connectivity index (χ0) is 17.1. The molecular weight excluding hydrogens is 314 g/mol. The summed E-state index contributed by atoms with van der Waals surface area (Å²) >= 11 is 1.16. The number of aliphatic carboxylic acids is 1. The molecule has 1 fully saturated rings. The van der Waals surface area contributed by atoms with E-state index in [4.69, 9.17) is 5.11 Å². The molecule has 0 bridgehead atoms. The predicted molar refractivity (Wildman–Crippen MR) is 94.1 cm³/mol. The van der Waals surface area contributed by atoms with Crippen LogP contribution in [0.2, 0.25) is 0 Å². The van der Waals surface area contributed by atoms with E-state index in [1.54, 1.807) is 0 Å². The lowest BCUT2D eigenvalue weighted by Crippen LogP contribution is -2.27. The number of unbranched alkanes of at least 4 members (excludes halogenated alkanes) is 4. The summed E-state index contributed by atoms with van der Waals surface area (Å²) in [6.07, 6.45) is 9.66. The summed E-state index contributed by atoms with van der Waals surface area (Å²) in [6, 6.07) is 0. The van der Waals surface area contributed by atoms with Gasteiger partial charge < -0.3 is 10.4 Å². The fourth-order valence-corrected chi connectivity index (χ4v) is 3.04. The van der Waals surface area contributed by atoms with Crippen LogP contribution in [0.4, 0.5) is 0 Å². The van der Waals surface area contributed by atoms with Crippen molar-refractivity contribution < 1.29 is 14.7 Å². The Hall–Kier alpha value is -1.50. The summed E-state index contributed by atoms with van der Waals surface area (Å²) in [4.78, 5) is 22.4. The number of carboxylic acids is 1. The Bertz CT molecular complexity index is 463. The van der Waals surface area contributed by atoms with Gasteiger partial charge >= 0.3 is 5.97 Å². The number of hydrazone groups is 1. The first-order valence-corrected chi connectivity index (χ1v) is 9.16. The molecule has 1 aliphatic rings. The minimum absolute atomic E-state index is 0.189. The molecule has 0 radical (unpaired) electrons. The molecule has 1 atom stereocenters.